The quantitative estimate of drug-likeness (QED) is 0.791. The lowest BCUT2D eigenvalue weighted by atomic mass is 10.1. The predicted octanol–water partition coefficient (Wildman–Crippen LogP) is 4.00. The third-order valence-corrected chi connectivity index (χ3v) is 4.70. The van der Waals surface area contributed by atoms with Gasteiger partial charge in [0, 0.05) is 25.8 Å². The van der Waals surface area contributed by atoms with Crippen LogP contribution in [0.3, 0.4) is 0 Å². The first-order valence-electron chi connectivity index (χ1n) is 9.34. The molecule has 1 saturated heterocycles. The van der Waals surface area contributed by atoms with E-state index in [2.05, 4.69) is 17.1 Å². The minimum atomic E-state index is 0.0436. The van der Waals surface area contributed by atoms with Crippen molar-refractivity contribution in [2.24, 2.45) is 0 Å². The summed E-state index contributed by atoms with van der Waals surface area (Å²) in [5.74, 6) is 3.20. The summed E-state index contributed by atoms with van der Waals surface area (Å²) in [6.45, 7) is 4.80. The third kappa shape index (κ3) is 4.50. The second-order valence-electron chi connectivity index (χ2n) is 6.76. The molecule has 3 rings (SSSR count). The highest BCUT2D eigenvalue weighted by Crippen LogP contribution is 2.31. The maximum absolute atomic E-state index is 12.8. The fourth-order valence-corrected chi connectivity index (χ4v) is 3.41. The smallest absolute Gasteiger partial charge is 0.227 e. The molecule has 1 fully saturated rings. The number of aromatic nitrogens is 2. The van der Waals surface area contributed by atoms with Crippen LogP contribution in [0.15, 0.2) is 21.1 Å². The average Bonchev–Trinajstić information content (AvgIpc) is 3.15. The molecular formula is C19H27N3O3. The first-order valence-corrected chi connectivity index (χ1v) is 9.34. The molecule has 0 saturated carbocycles. The van der Waals surface area contributed by atoms with Crippen LogP contribution in [0.5, 0.6) is 0 Å². The molecule has 0 N–H and O–H groups in total. The van der Waals surface area contributed by atoms with Crippen molar-refractivity contribution >= 4 is 5.91 Å². The summed E-state index contributed by atoms with van der Waals surface area (Å²) in [7, 11) is 0. The standard InChI is InChI=1S/C19H27N3O3/c1-3-7-17-20-18(25-21-17)11-12-19(23)22-13-6-4-5-8-15(22)16-10-9-14(2)24-16/h9-10,15H,3-8,11-13H2,1-2H3/t15-/m0/s1. The minimum Gasteiger partial charge on any atom is -0.464 e. The van der Waals surface area contributed by atoms with Crippen LogP contribution >= 0.6 is 0 Å². The SMILES string of the molecule is CCCc1noc(CCC(=O)N2CCCCC[C@H]2c2ccc(C)o2)n1. The number of aryl methyl sites for hydroxylation is 3. The van der Waals surface area contributed by atoms with Crippen LogP contribution in [0.25, 0.3) is 0 Å². The summed E-state index contributed by atoms with van der Waals surface area (Å²) in [5.41, 5.74) is 0. The lowest BCUT2D eigenvalue weighted by molar-refractivity contribution is -0.134. The molecule has 2 aromatic heterocycles. The molecule has 1 atom stereocenters. The zero-order valence-corrected chi connectivity index (χ0v) is 15.2. The lowest BCUT2D eigenvalue weighted by Gasteiger charge is -2.28. The minimum absolute atomic E-state index is 0.0436. The van der Waals surface area contributed by atoms with E-state index in [1.54, 1.807) is 0 Å². The number of nitrogens with zero attached hydrogens (tertiary/aromatic N) is 3. The Balaban J connectivity index is 1.64. The van der Waals surface area contributed by atoms with Crippen molar-refractivity contribution in [3.8, 4) is 0 Å². The Morgan fingerprint density at radius 3 is 2.92 bits per heavy atom. The Hall–Kier alpha value is -2.11. The van der Waals surface area contributed by atoms with Gasteiger partial charge in [-0.1, -0.05) is 24.9 Å². The fraction of sp³-hybridized carbons (Fsp3) is 0.632. The number of likely N-dealkylation sites (tertiary alicyclic amines) is 1. The highest BCUT2D eigenvalue weighted by molar-refractivity contribution is 5.76. The molecule has 3 heterocycles. The molecule has 0 spiro atoms. The molecule has 0 radical (unpaired) electrons. The van der Waals surface area contributed by atoms with E-state index >= 15 is 0 Å². The second-order valence-corrected chi connectivity index (χ2v) is 6.76. The normalized spacial score (nSPS) is 18.3. The van der Waals surface area contributed by atoms with Gasteiger partial charge in [0.25, 0.3) is 0 Å². The van der Waals surface area contributed by atoms with E-state index in [9.17, 15) is 4.79 Å². The van der Waals surface area contributed by atoms with Gasteiger partial charge in [-0.3, -0.25) is 4.79 Å². The number of hydrogen-bond donors (Lipinski definition) is 0. The molecule has 25 heavy (non-hydrogen) atoms. The number of rotatable bonds is 6. The number of furan rings is 1. The van der Waals surface area contributed by atoms with E-state index in [1.165, 1.54) is 0 Å². The van der Waals surface area contributed by atoms with E-state index in [1.807, 2.05) is 24.0 Å². The maximum atomic E-state index is 12.8. The van der Waals surface area contributed by atoms with E-state index in [-0.39, 0.29) is 11.9 Å². The van der Waals surface area contributed by atoms with Gasteiger partial charge in [0.05, 0.1) is 6.04 Å². The van der Waals surface area contributed by atoms with Gasteiger partial charge in [-0.05, 0) is 38.3 Å². The zero-order chi connectivity index (χ0) is 17.6. The van der Waals surface area contributed by atoms with Crippen LogP contribution in [0.4, 0.5) is 0 Å². The largest absolute Gasteiger partial charge is 0.464 e. The van der Waals surface area contributed by atoms with Crippen LogP contribution in [-0.4, -0.2) is 27.5 Å². The van der Waals surface area contributed by atoms with Crippen LogP contribution in [0.1, 0.15) is 74.7 Å². The lowest BCUT2D eigenvalue weighted by Crippen LogP contribution is -2.34. The van der Waals surface area contributed by atoms with Gasteiger partial charge in [-0.2, -0.15) is 4.98 Å². The molecule has 2 aromatic rings. The summed E-state index contributed by atoms with van der Waals surface area (Å²) < 4.78 is 11.1. The van der Waals surface area contributed by atoms with Gasteiger partial charge in [-0.15, -0.1) is 0 Å². The van der Waals surface area contributed by atoms with Gasteiger partial charge < -0.3 is 13.8 Å². The van der Waals surface area contributed by atoms with Crippen molar-refractivity contribution in [3.05, 3.63) is 35.4 Å². The van der Waals surface area contributed by atoms with Crippen molar-refractivity contribution in [3.63, 3.8) is 0 Å². The molecule has 6 nitrogen and oxygen atoms in total. The molecule has 0 bridgehead atoms. The predicted molar refractivity (Wildman–Crippen MR) is 93.0 cm³/mol. The summed E-state index contributed by atoms with van der Waals surface area (Å²) in [5, 5.41) is 3.95. The third-order valence-electron chi connectivity index (χ3n) is 4.70. The first-order chi connectivity index (χ1) is 12.2. The Kier molecular flexibility index (Phi) is 5.89. The molecule has 1 aliphatic heterocycles. The summed E-state index contributed by atoms with van der Waals surface area (Å²) >= 11 is 0. The van der Waals surface area contributed by atoms with Crippen molar-refractivity contribution in [2.45, 2.75) is 71.3 Å². The molecule has 0 aliphatic carbocycles. The van der Waals surface area contributed by atoms with Gasteiger partial charge in [-0.25, -0.2) is 0 Å². The van der Waals surface area contributed by atoms with E-state index in [4.69, 9.17) is 8.94 Å². The van der Waals surface area contributed by atoms with Crippen molar-refractivity contribution in [1.29, 1.82) is 0 Å². The number of carbonyl (C=O) groups is 1. The first kappa shape index (κ1) is 17.7. The number of hydrogen-bond acceptors (Lipinski definition) is 5. The molecule has 1 aliphatic rings. The summed E-state index contributed by atoms with van der Waals surface area (Å²) in [6.07, 6.45) is 6.96. The maximum Gasteiger partial charge on any atom is 0.227 e. The monoisotopic (exact) mass is 345 g/mol. The van der Waals surface area contributed by atoms with Crippen LogP contribution in [0.2, 0.25) is 0 Å². The Labute approximate surface area is 148 Å². The Morgan fingerprint density at radius 1 is 1.28 bits per heavy atom. The zero-order valence-electron chi connectivity index (χ0n) is 15.2. The van der Waals surface area contributed by atoms with Gasteiger partial charge >= 0.3 is 0 Å². The summed E-state index contributed by atoms with van der Waals surface area (Å²) in [4.78, 5) is 19.2. The Morgan fingerprint density at radius 2 is 2.16 bits per heavy atom. The van der Waals surface area contributed by atoms with Crippen LogP contribution in [0, 0.1) is 6.92 Å². The van der Waals surface area contributed by atoms with E-state index < -0.39 is 0 Å². The van der Waals surface area contributed by atoms with E-state index in [0.717, 1.165) is 62.4 Å². The van der Waals surface area contributed by atoms with Gasteiger partial charge in [0.1, 0.15) is 11.5 Å². The van der Waals surface area contributed by atoms with Gasteiger partial charge in [0.15, 0.2) is 5.82 Å². The summed E-state index contributed by atoms with van der Waals surface area (Å²) in [6, 6.07) is 4.01. The van der Waals surface area contributed by atoms with Crippen molar-refractivity contribution in [2.75, 3.05) is 6.54 Å². The molecular weight excluding hydrogens is 318 g/mol. The highest BCUT2D eigenvalue weighted by atomic mass is 16.5. The van der Waals surface area contributed by atoms with Crippen molar-refractivity contribution < 1.29 is 13.7 Å². The highest BCUT2D eigenvalue weighted by Gasteiger charge is 2.28. The molecule has 0 aromatic carbocycles. The van der Waals surface area contributed by atoms with E-state index in [0.29, 0.717) is 18.7 Å². The topological polar surface area (TPSA) is 72.4 Å². The number of amides is 1. The van der Waals surface area contributed by atoms with Gasteiger partial charge in [0.2, 0.25) is 11.8 Å². The van der Waals surface area contributed by atoms with Crippen LogP contribution < -0.4 is 0 Å². The van der Waals surface area contributed by atoms with Crippen LogP contribution in [-0.2, 0) is 17.6 Å². The molecule has 6 heteroatoms. The molecule has 136 valence electrons. The molecule has 0 unspecified atom stereocenters. The van der Waals surface area contributed by atoms with Crippen molar-refractivity contribution in [1.82, 2.24) is 15.0 Å². The molecule has 1 amide bonds. The second kappa shape index (κ2) is 8.32. The average molecular weight is 345 g/mol. The number of carbonyl (C=O) groups excluding carboxylic acids is 1. The fourth-order valence-electron chi connectivity index (χ4n) is 3.41. The Bertz CT molecular complexity index is 692.